The molecule has 2 atom stereocenters. The monoisotopic (exact) mass is 315 g/mol. The first kappa shape index (κ1) is 15.8. The SMILES string of the molecule is C=CCC1CC2NC3=C(CCCCC)CN=C3C=C2C(N)=[N+]1O. The van der Waals surface area contributed by atoms with Gasteiger partial charge < -0.3 is 10.5 Å². The van der Waals surface area contributed by atoms with E-state index in [9.17, 15) is 5.21 Å². The number of allylic oxidation sites excluding steroid dienone is 1. The van der Waals surface area contributed by atoms with E-state index in [1.165, 1.54) is 35.3 Å². The van der Waals surface area contributed by atoms with E-state index in [-0.39, 0.29) is 12.1 Å². The molecule has 0 aliphatic carbocycles. The third-order valence-corrected chi connectivity index (χ3v) is 4.95. The second kappa shape index (κ2) is 6.60. The van der Waals surface area contributed by atoms with E-state index in [0.29, 0.717) is 12.3 Å². The van der Waals surface area contributed by atoms with Gasteiger partial charge in [0, 0.05) is 12.8 Å². The highest BCUT2D eigenvalue weighted by molar-refractivity contribution is 6.15. The van der Waals surface area contributed by atoms with Crippen molar-refractivity contribution in [2.75, 3.05) is 6.54 Å². The van der Waals surface area contributed by atoms with E-state index in [2.05, 4.69) is 23.8 Å². The van der Waals surface area contributed by atoms with Gasteiger partial charge in [-0.05, 0) is 24.5 Å². The van der Waals surface area contributed by atoms with Crippen LogP contribution in [0.2, 0.25) is 0 Å². The van der Waals surface area contributed by atoms with Crippen molar-refractivity contribution in [3.63, 3.8) is 0 Å². The summed E-state index contributed by atoms with van der Waals surface area (Å²) in [5.74, 6) is 0.432. The van der Waals surface area contributed by atoms with Crippen molar-refractivity contribution in [3.8, 4) is 0 Å². The largest absolute Gasteiger partial charge is 0.376 e. The third-order valence-electron chi connectivity index (χ3n) is 4.95. The Morgan fingerprint density at radius 3 is 3.09 bits per heavy atom. The molecule has 0 bridgehead atoms. The van der Waals surface area contributed by atoms with Crippen LogP contribution >= 0.6 is 0 Å². The molecule has 3 aliphatic rings. The van der Waals surface area contributed by atoms with Crippen LogP contribution in [-0.4, -0.2) is 40.1 Å². The second-order valence-corrected chi connectivity index (χ2v) is 6.58. The number of nitrogens with zero attached hydrogens (tertiary/aromatic N) is 2. The summed E-state index contributed by atoms with van der Waals surface area (Å²) in [5, 5.41) is 13.9. The van der Waals surface area contributed by atoms with Crippen LogP contribution in [0, 0.1) is 0 Å². The highest BCUT2D eigenvalue weighted by Crippen LogP contribution is 2.29. The van der Waals surface area contributed by atoms with E-state index in [1.54, 1.807) is 0 Å². The zero-order chi connectivity index (χ0) is 16.4. The molecule has 124 valence electrons. The normalized spacial score (nSPS) is 26.3. The predicted octanol–water partition coefficient (Wildman–Crippen LogP) is 2.28. The second-order valence-electron chi connectivity index (χ2n) is 6.58. The van der Waals surface area contributed by atoms with Crippen LogP contribution in [0.5, 0.6) is 0 Å². The minimum atomic E-state index is -0.0221. The topological polar surface area (TPSA) is 73.6 Å². The van der Waals surface area contributed by atoms with Crippen molar-refractivity contribution in [2.45, 2.75) is 57.5 Å². The summed E-state index contributed by atoms with van der Waals surface area (Å²) in [4.78, 5) is 4.64. The lowest BCUT2D eigenvalue weighted by Crippen LogP contribution is -2.52. The molecule has 5 nitrogen and oxygen atoms in total. The van der Waals surface area contributed by atoms with E-state index in [4.69, 9.17) is 5.73 Å². The van der Waals surface area contributed by atoms with Crippen LogP contribution in [-0.2, 0) is 0 Å². The molecule has 0 saturated heterocycles. The van der Waals surface area contributed by atoms with Crippen LogP contribution in [0.25, 0.3) is 0 Å². The zero-order valence-corrected chi connectivity index (χ0v) is 13.9. The first-order valence-electron chi connectivity index (χ1n) is 8.62. The number of nitrogens with one attached hydrogen (secondary N) is 1. The smallest absolute Gasteiger partial charge is 0.312 e. The summed E-state index contributed by atoms with van der Waals surface area (Å²) in [6, 6.07) is 0.128. The van der Waals surface area contributed by atoms with Gasteiger partial charge in [-0.2, -0.15) is 0 Å². The molecule has 3 aliphatic heterocycles. The Morgan fingerprint density at radius 2 is 2.35 bits per heavy atom. The summed E-state index contributed by atoms with van der Waals surface area (Å²) in [6.07, 6.45) is 10.2. The number of amidine groups is 1. The highest BCUT2D eigenvalue weighted by Gasteiger charge is 2.40. The number of hydrogen-bond donors (Lipinski definition) is 3. The first-order chi connectivity index (χ1) is 11.2. The molecule has 0 fully saturated rings. The number of aliphatic imine (C=N–C) groups is 1. The number of unbranched alkanes of at least 4 members (excludes halogenated alkanes) is 2. The number of fused-ring (bicyclic) bond motifs is 2. The molecule has 0 aromatic carbocycles. The summed E-state index contributed by atoms with van der Waals surface area (Å²) in [5.41, 5.74) is 10.7. The Morgan fingerprint density at radius 1 is 1.52 bits per heavy atom. The van der Waals surface area contributed by atoms with Crippen molar-refractivity contribution >= 4 is 11.5 Å². The average Bonchev–Trinajstić information content (AvgIpc) is 2.94. The molecule has 0 radical (unpaired) electrons. The maximum atomic E-state index is 10.2. The lowest BCUT2D eigenvalue weighted by atomic mass is 9.88. The number of hydrogen-bond acceptors (Lipinski definition) is 4. The van der Waals surface area contributed by atoms with Crippen molar-refractivity contribution in [1.82, 2.24) is 5.32 Å². The molecule has 3 heterocycles. The molecular weight excluding hydrogens is 288 g/mol. The molecule has 0 spiro atoms. The molecule has 0 aromatic rings. The van der Waals surface area contributed by atoms with Crippen LogP contribution in [0.3, 0.4) is 0 Å². The van der Waals surface area contributed by atoms with E-state index in [0.717, 1.165) is 30.7 Å². The van der Waals surface area contributed by atoms with Crippen LogP contribution in [0.15, 0.2) is 40.6 Å². The van der Waals surface area contributed by atoms with Gasteiger partial charge in [-0.1, -0.05) is 30.6 Å². The minimum absolute atomic E-state index is 0.0221. The number of nitrogens with two attached hydrogens (primary N) is 1. The van der Waals surface area contributed by atoms with Gasteiger partial charge in [-0.25, -0.2) is 0 Å². The minimum Gasteiger partial charge on any atom is -0.376 e. The van der Waals surface area contributed by atoms with Gasteiger partial charge in [-0.3, -0.25) is 10.7 Å². The number of hydroxylamine groups is 1. The molecule has 0 aromatic heterocycles. The predicted molar refractivity (Wildman–Crippen MR) is 92.9 cm³/mol. The average molecular weight is 315 g/mol. The van der Waals surface area contributed by atoms with Gasteiger partial charge in [0.2, 0.25) is 0 Å². The van der Waals surface area contributed by atoms with Gasteiger partial charge in [-0.15, -0.1) is 6.58 Å². The van der Waals surface area contributed by atoms with Gasteiger partial charge in [0.05, 0.1) is 29.6 Å². The lowest BCUT2D eigenvalue weighted by molar-refractivity contribution is -0.801. The number of rotatable bonds is 6. The molecule has 0 amide bonds. The third kappa shape index (κ3) is 2.92. The standard InChI is InChI=1S/C18H26N4O/c1-3-5-6-8-12-11-20-16-10-14-15(21-17(12)16)9-13(7-4-2)22(23)18(14)19/h4,10,13,15,19,21,23H,2-3,5-9,11H2,1H3/p+1. The summed E-state index contributed by atoms with van der Waals surface area (Å²) in [6.45, 7) is 6.79. The van der Waals surface area contributed by atoms with Gasteiger partial charge in [0.15, 0.2) is 0 Å². The lowest BCUT2D eigenvalue weighted by Gasteiger charge is -2.32. The molecule has 5 heteroatoms. The van der Waals surface area contributed by atoms with E-state index < -0.39 is 0 Å². The van der Waals surface area contributed by atoms with Crippen LogP contribution in [0.4, 0.5) is 0 Å². The Balaban J connectivity index is 1.85. The van der Waals surface area contributed by atoms with E-state index >= 15 is 0 Å². The van der Waals surface area contributed by atoms with Gasteiger partial charge in [0.1, 0.15) is 6.04 Å². The van der Waals surface area contributed by atoms with Crippen molar-refractivity contribution < 1.29 is 9.95 Å². The molecule has 4 N–H and O–H groups in total. The zero-order valence-electron chi connectivity index (χ0n) is 13.9. The van der Waals surface area contributed by atoms with Crippen molar-refractivity contribution in [3.05, 3.63) is 35.6 Å². The summed E-state index contributed by atoms with van der Waals surface area (Å²) in [7, 11) is 0. The fraction of sp³-hybridized carbons (Fsp3) is 0.556. The fourth-order valence-electron chi connectivity index (χ4n) is 3.63. The molecular formula is C18H27N4O+. The van der Waals surface area contributed by atoms with Crippen LogP contribution < -0.4 is 11.1 Å². The molecule has 0 saturated carbocycles. The summed E-state index contributed by atoms with van der Waals surface area (Å²) < 4.78 is 1.19. The highest BCUT2D eigenvalue weighted by atomic mass is 16.5. The Labute approximate surface area is 137 Å². The fourth-order valence-corrected chi connectivity index (χ4v) is 3.63. The Hall–Kier alpha value is -2.04. The van der Waals surface area contributed by atoms with Crippen LogP contribution in [0.1, 0.15) is 45.4 Å². The first-order valence-corrected chi connectivity index (χ1v) is 8.62. The maximum Gasteiger partial charge on any atom is 0.312 e. The van der Waals surface area contributed by atoms with E-state index in [1.807, 2.05) is 12.2 Å². The quantitative estimate of drug-likeness (QED) is 0.305. The molecule has 2 unspecified atom stereocenters. The van der Waals surface area contributed by atoms with Gasteiger partial charge >= 0.3 is 5.84 Å². The Bertz CT molecular complexity index is 627. The van der Waals surface area contributed by atoms with Gasteiger partial charge in [0.25, 0.3) is 0 Å². The molecule has 3 rings (SSSR count). The Kier molecular flexibility index (Phi) is 4.55. The maximum absolute atomic E-state index is 10.2. The molecule has 23 heavy (non-hydrogen) atoms. The van der Waals surface area contributed by atoms with Crippen molar-refractivity contribution in [2.24, 2.45) is 10.7 Å². The summed E-state index contributed by atoms with van der Waals surface area (Å²) >= 11 is 0. The van der Waals surface area contributed by atoms with Crippen molar-refractivity contribution in [1.29, 1.82) is 0 Å².